The summed E-state index contributed by atoms with van der Waals surface area (Å²) >= 11 is 0. The number of rotatable bonds is 28. The highest BCUT2D eigenvalue weighted by Crippen LogP contribution is 2.24. The standard InChI is InChI=1S/2C16H36N.C8H11O4P/c2*1-5-9-13-17(14-10-6-2,15-11-7-3)16-12-8-4;9-13(10,11)12-7-6-8-4-2-1-3-5-8/h2*5-16H2,1-4H3;1-5H,6-7H2,(H2,9,10,11)/q2*+1;/p-2/i;;9+2,10+2,11+2. The van der Waals surface area contributed by atoms with Gasteiger partial charge in [0, 0.05) is 0 Å². The van der Waals surface area contributed by atoms with E-state index < -0.39 is 7.82 Å². The average molecular weight is 691 g/mol. The molecule has 1 aromatic rings. The van der Waals surface area contributed by atoms with Crippen molar-refractivity contribution in [2.45, 2.75) is 165 Å². The van der Waals surface area contributed by atoms with Gasteiger partial charge in [-0.15, -0.1) is 0 Å². The van der Waals surface area contributed by atoms with Gasteiger partial charge in [-0.1, -0.05) is 137 Å². The number of nitrogens with zero attached hydrogens (tertiary/aromatic N) is 2. The van der Waals surface area contributed by atoms with Crippen molar-refractivity contribution in [3.05, 3.63) is 35.9 Å². The lowest BCUT2D eigenvalue weighted by molar-refractivity contribution is -0.929. The Kier molecular flexibility index (Phi) is 33.4. The molecule has 0 saturated carbocycles. The molecule has 0 amide bonds. The molecular weight excluding hydrogens is 609 g/mol. The molecule has 0 saturated heterocycles. The van der Waals surface area contributed by atoms with Crippen LogP contribution in [0.15, 0.2) is 30.3 Å². The van der Waals surface area contributed by atoms with Gasteiger partial charge >= 0.3 is 0 Å². The number of phosphoric ester groups is 1. The number of unbranched alkanes of at least 4 members (excludes halogenated alkanes) is 8. The van der Waals surface area contributed by atoms with Gasteiger partial charge in [0.1, 0.15) is 0 Å². The van der Waals surface area contributed by atoms with E-state index in [1.54, 1.807) is 0 Å². The third-order valence-electron chi connectivity index (χ3n) is 9.37. The topological polar surface area (TPSA) is 72.4 Å². The van der Waals surface area contributed by atoms with E-state index in [-0.39, 0.29) is 6.61 Å². The molecule has 0 aliphatic carbocycles. The molecule has 0 aliphatic rings. The number of quaternary nitrogens is 2. The summed E-state index contributed by atoms with van der Waals surface area (Å²) in [6.07, 6.45) is 22.5. The normalized spacial score (nSPS) is 11.9. The van der Waals surface area contributed by atoms with Crippen LogP contribution in [0.3, 0.4) is 0 Å². The molecule has 0 aromatic heterocycles. The average Bonchev–Trinajstić information content (AvgIpc) is 3.07. The van der Waals surface area contributed by atoms with Gasteiger partial charge in [0.05, 0.1) is 66.8 Å². The summed E-state index contributed by atoms with van der Waals surface area (Å²) in [6.45, 7) is 29.9. The minimum Gasteiger partial charge on any atom is -0.790 e. The molecule has 1 aromatic carbocycles. The third kappa shape index (κ3) is 28.8. The molecule has 0 heterocycles. The fourth-order valence-corrected chi connectivity index (χ4v) is 6.52. The van der Waals surface area contributed by atoms with Crippen LogP contribution in [0.2, 0.25) is 0 Å². The van der Waals surface area contributed by atoms with Gasteiger partial charge in [0.25, 0.3) is 0 Å². The van der Waals surface area contributed by atoms with Crippen LogP contribution in [0.1, 0.15) is 164 Å². The summed E-state index contributed by atoms with van der Waals surface area (Å²) in [4.78, 5) is 20.1. The van der Waals surface area contributed by atoms with Crippen LogP contribution >= 0.6 is 7.82 Å². The molecular formula is C40H81N2O4P. The summed E-state index contributed by atoms with van der Waals surface area (Å²) in [6, 6.07) is 9.21. The molecule has 0 radical (unpaired) electrons. The van der Waals surface area contributed by atoms with Gasteiger partial charge in [-0.25, -0.2) is 0 Å². The molecule has 6 nitrogen and oxygen atoms in total. The molecule has 47 heavy (non-hydrogen) atoms. The van der Waals surface area contributed by atoms with Crippen LogP contribution in [0.4, 0.5) is 0 Å². The second-order valence-corrected chi connectivity index (χ2v) is 15.0. The molecule has 0 fully saturated rings. The Bertz CT molecular complexity index is 707. The van der Waals surface area contributed by atoms with E-state index in [1.807, 2.05) is 30.3 Å². The first kappa shape index (κ1) is 48.4. The first-order chi connectivity index (χ1) is 22.6. The largest absolute Gasteiger partial charge is 0.790 e. The van der Waals surface area contributed by atoms with E-state index in [4.69, 9.17) is 0 Å². The first-order valence-electron chi connectivity index (χ1n) is 20.0. The van der Waals surface area contributed by atoms with E-state index in [0.717, 1.165) is 5.56 Å². The van der Waals surface area contributed by atoms with Gasteiger partial charge in [-0.05, 0) is 63.4 Å². The lowest BCUT2D eigenvalue weighted by atomic mass is 10.1. The molecule has 7 heteroatoms. The summed E-state index contributed by atoms with van der Waals surface area (Å²) in [5.74, 6) is 0. The zero-order chi connectivity index (χ0) is 35.7. The minimum atomic E-state index is -4.80. The molecule has 0 unspecified atom stereocenters. The van der Waals surface area contributed by atoms with Crippen molar-refractivity contribution >= 4 is 7.82 Å². The number of benzene rings is 1. The van der Waals surface area contributed by atoms with Gasteiger partial charge in [0.2, 0.25) is 0 Å². The molecule has 0 N–H and O–H groups in total. The summed E-state index contributed by atoms with van der Waals surface area (Å²) < 4.78 is 17.0. The van der Waals surface area contributed by atoms with Crippen molar-refractivity contribution in [1.82, 2.24) is 0 Å². The smallest absolute Gasteiger partial charge is 0.0786 e. The second kappa shape index (κ2) is 32.5. The van der Waals surface area contributed by atoms with E-state index in [2.05, 4.69) is 59.9 Å². The minimum absolute atomic E-state index is 0.0890. The predicted molar refractivity (Wildman–Crippen MR) is 202 cm³/mol. The van der Waals surface area contributed by atoms with Crippen molar-refractivity contribution in [1.29, 1.82) is 0 Å². The highest BCUT2D eigenvalue weighted by atomic mass is 31.2. The molecule has 0 aliphatic heterocycles. The van der Waals surface area contributed by atoms with E-state index in [9.17, 15) is 14.4 Å². The Balaban J connectivity index is 0. The molecule has 0 bridgehead atoms. The maximum absolute atomic E-state index is 10.1. The van der Waals surface area contributed by atoms with E-state index in [1.165, 1.54) is 164 Å². The zero-order valence-electron chi connectivity index (χ0n) is 32.7. The Morgan fingerprint density at radius 1 is 0.489 bits per heavy atom. The van der Waals surface area contributed by atoms with Crippen molar-refractivity contribution in [2.75, 3.05) is 59.0 Å². The van der Waals surface area contributed by atoms with Gasteiger partial charge in [0.15, 0.2) is 0 Å². The first-order valence-corrected chi connectivity index (χ1v) is 21.4. The van der Waals surface area contributed by atoms with Crippen LogP contribution < -0.4 is 9.79 Å². The van der Waals surface area contributed by atoms with Crippen molar-refractivity contribution in [2.24, 2.45) is 0 Å². The highest BCUT2D eigenvalue weighted by Gasteiger charge is 2.25. The fourth-order valence-electron chi connectivity index (χ4n) is 6.21. The summed E-state index contributed by atoms with van der Waals surface area (Å²) in [5, 5.41) is 0. The van der Waals surface area contributed by atoms with Gasteiger partial charge in [-0.2, -0.15) is 0 Å². The quantitative estimate of drug-likeness (QED) is 0.0499. The molecule has 280 valence electrons. The fraction of sp³-hybridized carbons (Fsp3) is 0.850. The van der Waals surface area contributed by atoms with Gasteiger partial charge < -0.3 is 27.8 Å². The van der Waals surface area contributed by atoms with Crippen LogP contribution in [-0.2, 0) is 15.5 Å². The Hall–Kier alpha value is -0.750. The zero-order valence-corrected chi connectivity index (χ0v) is 33.6. The van der Waals surface area contributed by atoms with Crippen molar-refractivity contribution < 1.29 is 27.8 Å². The Morgan fingerprint density at radius 2 is 0.745 bits per heavy atom. The van der Waals surface area contributed by atoms with Crippen molar-refractivity contribution in [3.8, 4) is 0 Å². The highest BCUT2D eigenvalue weighted by molar-refractivity contribution is 7.43. The van der Waals surface area contributed by atoms with Crippen LogP contribution in [-0.4, -0.2) is 67.9 Å². The predicted octanol–water partition coefficient (Wildman–Crippen LogP) is 10.1. The number of phosphoric acid groups is 1. The van der Waals surface area contributed by atoms with Crippen LogP contribution in [0.5, 0.6) is 0 Å². The second-order valence-electron chi connectivity index (χ2n) is 13.8. The maximum atomic E-state index is 10.1. The monoisotopic (exact) mass is 691 g/mol. The van der Waals surface area contributed by atoms with Gasteiger partial charge in [-0.3, -0.25) is 0 Å². The molecule has 0 spiro atoms. The van der Waals surface area contributed by atoms with E-state index in [0.29, 0.717) is 6.42 Å². The SMILES string of the molecule is CCCC[N+](CCCC)(CCCC)CCCC.CCCC[N+](CCCC)(CCCC)CCCC.[18O]=P([18O-])([18O-])OCCc1ccccc1. The van der Waals surface area contributed by atoms with Crippen molar-refractivity contribution in [3.63, 3.8) is 0 Å². The van der Waals surface area contributed by atoms with E-state index >= 15 is 0 Å². The Labute approximate surface area is 294 Å². The maximum Gasteiger partial charge on any atom is 0.0786 e. The molecule has 1 rings (SSSR count). The van der Waals surface area contributed by atoms with Crippen LogP contribution in [0.25, 0.3) is 0 Å². The Morgan fingerprint density at radius 3 is 0.957 bits per heavy atom. The molecule has 0 atom stereocenters. The lowest BCUT2D eigenvalue weighted by Gasteiger charge is -2.39. The lowest BCUT2D eigenvalue weighted by Crippen LogP contribution is -2.50. The third-order valence-corrected chi connectivity index (χ3v) is 9.87. The number of hydrogen-bond acceptors (Lipinski definition) is 4. The van der Waals surface area contributed by atoms with Crippen LogP contribution in [0, 0.1) is 0 Å². The summed E-state index contributed by atoms with van der Waals surface area (Å²) in [7, 11) is -4.80. The summed E-state index contributed by atoms with van der Waals surface area (Å²) in [5.41, 5.74) is 0.941. The number of hydrogen-bond donors (Lipinski definition) is 0.